The molecule has 6 heteroatoms. The second kappa shape index (κ2) is 4.85. The van der Waals surface area contributed by atoms with Crippen LogP contribution in [-0.2, 0) is 10.2 Å². The average Bonchev–Trinajstić information content (AvgIpc) is 3.08. The number of aliphatic carboxylic acids is 1. The molecule has 19 heavy (non-hydrogen) atoms. The SMILES string of the molecule is NC(CC(=O)O)c1cc(F)cc(C2(C(F)F)CC2)c1. The standard InChI is InChI=1S/C13H14F3NO2/c14-9-4-7(10(17)6-11(18)19)3-8(5-9)13(1-2-13)12(15)16/h3-5,10,12H,1-2,6,17H2,(H,18,19). The summed E-state index contributed by atoms with van der Waals surface area (Å²) in [7, 11) is 0. The van der Waals surface area contributed by atoms with Gasteiger partial charge >= 0.3 is 5.97 Å². The van der Waals surface area contributed by atoms with E-state index in [0.29, 0.717) is 12.8 Å². The molecule has 1 fully saturated rings. The number of rotatable bonds is 5. The van der Waals surface area contributed by atoms with Crippen molar-refractivity contribution in [2.75, 3.05) is 0 Å². The summed E-state index contributed by atoms with van der Waals surface area (Å²) in [6.07, 6.45) is -2.31. The molecule has 104 valence electrons. The fraction of sp³-hybridized carbons (Fsp3) is 0.462. The van der Waals surface area contributed by atoms with Crippen molar-refractivity contribution in [2.45, 2.75) is 37.1 Å². The number of carboxylic acids is 1. The van der Waals surface area contributed by atoms with Crippen LogP contribution in [0.2, 0.25) is 0 Å². The molecule has 0 heterocycles. The normalized spacial score (nSPS) is 18.4. The Morgan fingerprint density at radius 2 is 2.00 bits per heavy atom. The Balaban J connectivity index is 2.33. The molecule has 1 aliphatic rings. The molecular weight excluding hydrogens is 259 g/mol. The van der Waals surface area contributed by atoms with Crippen molar-refractivity contribution in [1.29, 1.82) is 0 Å². The van der Waals surface area contributed by atoms with Crippen LogP contribution in [0.1, 0.15) is 36.4 Å². The van der Waals surface area contributed by atoms with Gasteiger partial charge < -0.3 is 10.8 Å². The number of carboxylic acid groups (broad SMARTS) is 1. The van der Waals surface area contributed by atoms with E-state index in [2.05, 4.69) is 0 Å². The van der Waals surface area contributed by atoms with E-state index in [1.54, 1.807) is 0 Å². The lowest BCUT2D eigenvalue weighted by atomic mass is 9.92. The lowest BCUT2D eigenvalue weighted by Crippen LogP contribution is -2.20. The van der Waals surface area contributed by atoms with Crippen LogP contribution in [0.5, 0.6) is 0 Å². The number of halogens is 3. The van der Waals surface area contributed by atoms with E-state index < -0.39 is 29.7 Å². The van der Waals surface area contributed by atoms with Gasteiger partial charge in [-0.1, -0.05) is 6.07 Å². The van der Waals surface area contributed by atoms with Crippen LogP contribution in [0.25, 0.3) is 0 Å². The zero-order valence-electron chi connectivity index (χ0n) is 10.1. The summed E-state index contributed by atoms with van der Waals surface area (Å²) in [6.45, 7) is 0. The van der Waals surface area contributed by atoms with E-state index in [1.807, 2.05) is 0 Å². The molecule has 1 aromatic carbocycles. The maximum atomic E-state index is 13.5. The quantitative estimate of drug-likeness (QED) is 0.866. The lowest BCUT2D eigenvalue weighted by molar-refractivity contribution is -0.137. The summed E-state index contributed by atoms with van der Waals surface area (Å²) in [5.41, 5.74) is 4.81. The Labute approximate surface area is 108 Å². The highest BCUT2D eigenvalue weighted by Gasteiger charge is 2.52. The molecule has 3 nitrogen and oxygen atoms in total. The fourth-order valence-electron chi connectivity index (χ4n) is 2.19. The second-order valence-electron chi connectivity index (χ2n) is 4.93. The van der Waals surface area contributed by atoms with Crippen molar-refractivity contribution in [2.24, 2.45) is 5.73 Å². The van der Waals surface area contributed by atoms with Crippen LogP contribution < -0.4 is 5.73 Å². The van der Waals surface area contributed by atoms with E-state index in [4.69, 9.17) is 10.8 Å². The van der Waals surface area contributed by atoms with E-state index in [1.165, 1.54) is 6.07 Å². The minimum absolute atomic E-state index is 0.207. The molecule has 2 rings (SSSR count). The van der Waals surface area contributed by atoms with Crippen molar-refractivity contribution >= 4 is 5.97 Å². The van der Waals surface area contributed by atoms with Gasteiger partial charge in [0, 0.05) is 6.04 Å². The zero-order chi connectivity index (χ0) is 14.2. The van der Waals surface area contributed by atoms with E-state index >= 15 is 0 Å². The number of nitrogens with two attached hydrogens (primary N) is 1. The average molecular weight is 273 g/mol. The maximum absolute atomic E-state index is 13.5. The summed E-state index contributed by atoms with van der Waals surface area (Å²) in [5.74, 6) is -1.78. The first-order valence-electron chi connectivity index (χ1n) is 5.91. The topological polar surface area (TPSA) is 63.3 Å². The first-order valence-corrected chi connectivity index (χ1v) is 5.91. The number of carbonyl (C=O) groups is 1. The molecule has 0 aliphatic heterocycles. The van der Waals surface area contributed by atoms with Gasteiger partial charge in [-0.05, 0) is 36.1 Å². The van der Waals surface area contributed by atoms with Crippen molar-refractivity contribution in [1.82, 2.24) is 0 Å². The maximum Gasteiger partial charge on any atom is 0.305 e. The van der Waals surface area contributed by atoms with Gasteiger partial charge in [-0.2, -0.15) is 0 Å². The van der Waals surface area contributed by atoms with Crippen molar-refractivity contribution < 1.29 is 23.1 Å². The first kappa shape index (κ1) is 13.9. The molecule has 1 atom stereocenters. The Morgan fingerprint density at radius 3 is 2.47 bits per heavy atom. The lowest BCUT2D eigenvalue weighted by Gasteiger charge is -2.18. The third-order valence-corrected chi connectivity index (χ3v) is 3.52. The first-order chi connectivity index (χ1) is 8.85. The van der Waals surface area contributed by atoms with E-state index in [0.717, 1.165) is 12.1 Å². The third-order valence-electron chi connectivity index (χ3n) is 3.52. The molecule has 0 radical (unpaired) electrons. The number of alkyl halides is 2. The molecule has 0 saturated heterocycles. The molecule has 1 aromatic rings. The largest absolute Gasteiger partial charge is 0.481 e. The van der Waals surface area contributed by atoms with Gasteiger partial charge in [-0.25, -0.2) is 13.2 Å². The highest BCUT2D eigenvalue weighted by atomic mass is 19.3. The third kappa shape index (κ3) is 2.73. The van der Waals surface area contributed by atoms with Crippen LogP contribution in [0.4, 0.5) is 13.2 Å². The van der Waals surface area contributed by atoms with Crippen LogP contribution in [0.3, 0.4) is 0 Å². The molecule has 3 N–H and O–H groups in total. The predicted molar refractivity (Wildman–Crippen MR) is 62.5 cm³/mol. The van der Waals surface area contributed by atoms with Crippen LogP contribution in [0, 0.1) is 5.82 Å². The Kier molecular flexibility index (Phi) is 3.54. The molecule has 1 saturated carbocycles. The van der Waals surface area contributed by atoms with Gasteiger partial charge in [0.05, 0.1) is 11.8 Å². The van der Waals surface area contributed by atoms with Crippen molar-refractivity contribution in [3.63, 3.8) is 0 Å². The van der Waals surface area contributed by atoms with Crippen LogP contribution in [0.15, 0.2) is 18.2 Å². The zero-order valence-corrected chi connectivity index (χ0v) is 10.1. The highest BCUT2D eigenvalue weighted by Crippen LogP contribution is 2.53. The Morgan fingerprint density at radius 1 is 1.37 bits per heavy atom. The van der Waals surface area contributed by atoms with Gasteiger partial charge in [-0.15, -0.1) is 0 Å². The monoisotopic (exact) mass is 273 g/mol. The van der Waals surface area contributed by atoms with Gasteiger partial charge in [0.15, 0.2) is 0 Å². The minimum atomic E-state index is -2.56. The molecule has 1 unspecified atom stereocenters. The summed E-state index contributed by atoms with van der Waals surface area (Å²) in [6, 6.07) is 2.67. The van der Waals surface area contributed by atoms with Gasteiger partial charge in [0.1, 0.15) is 5.82 Å². The molecular formula is C13H14F3NO2. The van der Waals surface area contributed by atoms with Crippen molar-refractivity contribution in [3.05, 3.63) is 35.1 Å². The van der Waals surface area contributed by atoms with Gasteiger partial charge in [0.2, 0.25) is 6.43 Å². The smallest absolute Gasteiger partial charge is 0.305 e. The minimum Gasteiger partial charge on any atom is -0.481 e. The molecule has 1 aliphatic carbocycles. The molecule has 0 aromatic heterocycles. The summed E-state index contributed by atoms with van der Waals surface area (Å²) in [4.78, 5) is 10.6. The summed E-state index contributed by atoms with van der Waals surface area (Å²) in [5, 5.41) is 8.65. The highest BCUT2D eigenvalue weighted by molar-refractivity contribution is 5.67. The molecule has 0 amide bonds. The van der Waals surface area contributed by atoms with Gasteiger partial charge in [-0.3, -0.25) is 4.79 Å². The number of hydrogen-bond acceptors (Lipinski definition) is 2. The van der Waals surface area contributed by atoms with Crippen molar-refractivity contribution in [3.8, 4) is 0 Å². The summed E-state index contributed by atoms with van der Waals surface area (Å²) < 4.78 is 39.5. The predicted octanol–water partition coefficient (Wildman–Crippen LogP) is 2.60. The van der Waals surface area contributed by atoms with Gasteiger partial charge in [0.25, 0.3) is 0 Å². The van der Waals surface area contributed by atoms with E-state index in [9.17, 15) is 18.0 Å². The van der Waals surface area contributed by atoms with Crippen LogP contribution >= 0.6 is 0 Å². The molecule has 0 bridgehead atoms. The number of benzene rings is 1. The van der Waals surface area contributed by atoms with Crippen LogP contribution in [-0.4, -0.2) is 17.5 Å². The number of hydrogen-bond donors (Lipinski definition) is 2. The summed E-state index contributed by atoms with van der Waals surface area (Å²) >= 11 is 0. The second-order valence-corrected chi connectivity index (χ2v) is 4.93. The Bertz CT molecular complexity index is 501. The molecule has 0 spiro atoms. The Hall–Kier alpha value is -1.56. The fourth-order valence-corrected chi connectivity index (χ4v) is 2.19. The van der Waals surface area contributed by atoms with E-state index in [-0.39, 0.29) is 17.5 Å².